The SMILES string of the molecule is O=c1[nH]c(=O)n(CCC2=CCCCC2)c(O)c1C=NNc1cccc2ccccc12. The van der Waals surface area contributed by atoms with Gasteiger partial charge in [0.15, 0.2) is 0 Å². The number of aromatic nitrogens is 2. The highest BCUT2D eigenvalue weighted by atomic mass is 16.3. The Morgan fingerprint density at radius 3 is 2.80 bits per heavy atom. The van der Waals surface area contributed by atoms with Crippen LogP contribution in [-0.2, 0) is 6.54 Å². The van der Waals surface area contributed by atoms with Crippen LogP contribution in [0.15, 0.2) is 68.8 Å². The summed E-state index contributed by atoms with van der Waals surface area (Å²) >= 11 is 0. The molecule has 0 atom stereocenters. The summed E-state index contributed by atoms with van der Waals surface area (Å²) in [6.07, 6.45) is 8.53. The molecular formula is C23H24N4O3. The third-order valence-corrected chi connectivity index (χ3v) is 5.42. The molecule has 1 aliphatic rings. The number of hydrogen-bond donors (Lipinski definition) is 3. The molecule has 1 aromatic heterocycles. The van der Waals surface area contributed by atoms with Crippen molar-refractivity contribution in [1.82, 2.24) is 9.55 Å². The van der Waals surface area contributed by atoms with Gasteiger partial charge < -0.3 is 5.11 Å². The maximum Gasteiger partial charge on any atom is 0.331 e. The number of benzene rings is 2. The monoisotopic (exact) mass is 404 g/mol. The topological polar surface area (TPSA) is 99.5 Å². The number of rotatable bonds is 6. The molecule has 0 radical (unpaired) electrons. The first-order valence-corrected chi connectivity index (χ1v) is 10.1. The molecule has 0 saturated carbocycles. The predicted molar refractivity (Wildman–Crippen MR) is 119 cm³/mol. The Hall–Kier alpha value is -3.61. The quantitative estimate of drug-likeness (QED) is 0.331. The zero-order valence-corrected chi connectivity index (χ0v) is 16.6. The lowest BCUT2D eigenvalue weighted by Gasteiger charge is -2.14. The smallest absolute Gasteiger partial charge is 0.331 e. The number of hydrazone groups is 1. The van der Waals surface area contributed by atoms with Crippen molar-refractivity contribution in [3.05, 3.63) is 80.5 Å². The first-order valence-electron chi connectivity index (χ1n) is 10.1. The van der Waals surface area contributed by atoms with E-state index in [2.05, 4.69) is 21.6 Å². The molecule has 30 heavy (non-hydrogen) atoms. The zero-order chi connectivity index (χ0) is 20.9. The van der Waals surface area contributed by atoms with Crippen LogP contribution in [0.3, 0.4) is 0 Å². The van der Waals surface area contributed by atoms with Crippen LogP contribution < -0.4 is 16.7 Å². The van der Waals surface area contributed by atoms with Crippen molar-refractivity contribution in [3.8, 4) is 5.88 Å². The predicted octanol–water partition coefficient (Wildman–Crippen LogP) is 3.73. The molecule has 7 nitrogen and oxygen atoms in total. The number of hydrogen-bond acceptors (Lipinski definition) is 5. The Kier molecular flexibility index (Phi) is 5.79. The van der Waals surface area contributed by atoms with E-state index in [1.165, 1.54) is 22.8 Å². The van der Waals surface area contributed by atoms with E-state index in [-0.39, 0.29) is 11.4 Å². The summed E-state index contributed by atoms with van der Waals surface area (Å²) in [5, 5.41) is 16.7. The number of allylic oxidation sites excluding steroid dienone is 2. The Morgan fingerprint density at radius 1 is 1.13 bits per heavy atom. The van der Waals surface area contributed by atoms with Crippen LogP contribution in [0.5, 0.6) is 5.88 Å². The lowest BCUT2D eigenvalue weighted by atomic mass is 9.97. The van der Waals surface area contributed by atoms with Crippen molar-refractivity contribution in [2.24, 2.45) is 5.10 Å². The van der Waals surface area contributed by atoms with Gasteiger partial charge in [0, 0.05) is 11.9 Å². The van der Waals surface area contributed by atoms with Crippen LogP contribution >= 0.6 is 0 Å². The fraction of sp³-hybridized carbons (Fsp3) is 0.261. The second kappa shape index (κ2) is 8.82. The van der Waals surface area contributed by atoms with Crippen LogP contribution in [0.4, 0.5) is 5.69 Å². The van der Waals surface area contributed by atoms with E-state index in [1.807, 2.05) is 42.5 Å². The van der Waals surface area contributed by atoms with Crippen molar-refractivity contribution >= 4 is 22.7 Å². The average Bonchev–Trinajstić information content (AvgIpc) is 2.76. The number of H-pyrrole nitrogens is 1. The van der Waals surface area contributed by atoms with Gasteiger partial charge in [0.2, 0.25) is 5.88 Å². The maximum absolute atomic E-state index is 12.2. The minimum atomic E-state index is -0.672. The van der Waals surface area contributed by atoms with Gasteiger partial charge in [0.1, 0.15) is 5.56 Å². The summed E-state index contributed by atoms with van der Waals surface area (Å²) in [6.45, 7) is 0.310. The third kappa shape index (κ3) is 4.20. The van der Waals surface area contributed by atoms with Gasteiger partial charge >= 0.3 is 5.69 Å². The van der Waals surface area contributed by atoms with Crippen molar-refractivity contribution in [2.45, 2.75) is 38.6 Å². The highest BCUT2D eigenvalue weighted by Crippen LogP contribution is 2.23. The Balaban J connectivity index is 1.56. The van der Waals surface area contributed by atoms with Crippen LogP contribution in [0.2, 0.25) is 0 Å². The second-order valence-electron chi connectivity index (χ2n) is 7.40. The highest BCUT2D eigenvalue weighted by Gasteiger charge is 2.13. The Labute approximate surface area is 173 Å². The molecule has 0 bridgehead atoms. The molecule has 0 saturated heterocycles. The molecule has 154 valence electrons. The van der Waals surface area contributed by atoms with Crippen LogP contribution in [0.25, 0.3) is 10.8 Å². The molecule has 7 heteroatoms. The third-order valence-electron chi connectivity index (χ3n) is 5.42. The fourth-order valence-electron chi connectivity index (χ4n) is 3.78. The summed E-state index contributed by atoms with van der Waals surface area (Å²) in [6, 6.07) is 13.6. The highest BCUT2D eigenvalue weighted by molar-refractivity contribution is 5.94. The minimum Gasteiger partial charge on any atom is -0.494 e. The van der Waals surface area contributed by atoms with E-state index >= 15 is 0 Å². The molecule has 0 fully saturated rings. The van der Waals surface area contributed by atoms with Crippen LogP contribution in [0.1, 0.15) is 37.7 Å². The van der Waals surface area contributed by atoms with E-state index < -0.39 is 11.2 Å². The number of anilines is 1. The molecule has 4 rings (SSSR count). The summed E-state index contributed by atoms with van der Waals surface area (Å²) in [7, 11) is 0. The van der Waals surface area contributed by atoms with Crippen LogP contribution in [-0.4, -0.2) is 20.9 Å². The van der Waals surface area contributed by atoms with Gasteiger partial charge in [0.05, 0.1) is 11.9 Å². The van der Waals surface area contributed by atoms with Gasteiger partial charge in [0.25, 0.3) is 5.56 Å². The molecule has 3 N–H and O–H groups in total. The number of aromatic hydroxyl groups is 1. The summed E-state index contributed by atoms with van der Waals surface area (Å²) < 4.78 is 1.19. The normalized spacial score (nSPS) is 14.2. The van der Waals surface area contributed by atoms with E-state index in [4.69, 9.17) is 0 Å². The number of nitrogens with one attached hydrogen (secondary N) is 2. The molecular weight excluding hydrogens is 380 g/mol. The standard InChI is InChI=1S/C23H24N4O3/c28-21-19(15-24-26-20-12-6-10-17-9-4-5-11-18(17)20)22(29)27(23(30)25-21)14-13-16-7-2-1-3-8-16/h4-7,9-12,15,26,29H,1-3,8,13-14H2,(H,25,28,30). The Bertz CT molecular complexity index is 1230. The molecule has 0 aliphatic heterocycles. The van der Waals surface area contributed by atoms with Gasteiger partial charge in [-0.1, -0.05) is 48.0 Å². The van der Waals surface area contributed by atoms with E-state index in [1.54, 1.807) is 0 Å². The minimum absolute atomic E-state index is 0.0556. The van der Waals surface area contributed by atoms with Gasteiger partial charge in [-0.15, -0.1) is 0 Å². The molecule has 0 amide bonds. The second-order valence-corrected chi connectivity index (χ2v) is 7.40. The van der Waals surface area contributed by atoms with E-state index in [9.17, 15) is 14.7 Å². The zero-order valence-electron chi connectivity index (χ0n) is 16.6. The van der Waals surface area contributed by atoms with Gasteiger partial charge in [-0.3, -0.25) is 19.8 Å². The molecule has 1 aliphatic carbocycles. The van der Waals surface area contributed by atoms with E-state index in [0.29, 0.717) is 13.0 Å². The lowest BCUT2D eigenvalue weighted by molar-refractivity contribution is 0.398. The van der Waals surface area contributed by atoms with Crippen LogP contribution in [0, 0.1) is 0 Å². The number of fused-ring (bicyclic) bond motifs is 1. The largest absolute Gasteiger partial charge is 0.494 e. The van der Waals surface area contributed by atoms with Crippen molar-refractivity contribution < 1.29 is 5.11 Å². The Morgan fingerprint density at radius 2 is 1.97 bits per heavy atom. The molecule has 0 unspecified atom stereocenters. The van der Waals surface area contributed by atoms with E-state index in [0.717, 1.165) is 35.7 Å². The molecule has 2 aromatic carbocycles. The van der Waals surface area contributed by atoms with Gasteiger partial charge in [-0.25, -0.2) is 4.79 Å². The molecule has 1 heterocycles. The average molecular weight is 404 g/mol. The fourth-order valence-corrected chi connectivity index (χ4v) is 3.78. The van der Waals surface area contributed by atoms with Crippen molar-refractivity contribution in [1.29, 1.82) is 0 Å². The summed E-state index contributed by atoms with van der Waals surface area (Å²) in [5.41, 5.74) is 3.63. The maximum atomic E-state index is 12.2. The first-order chi connectivity index (χ1) is 14.6. The molecule has 3 aromatic rings. The molecule has 0 spiro atoms. The van der Waals surface area contributed by atoms with Gasteiger partial charge in [-0.2, -0.15) is 5.10 Å². The number of nitrogens with zero attached hydrogens (tertiary/aromatic N) is 2. The number of aromatic amines is 1. The van der Waals surface area contributed by atoms with Crippen molar-refractivity contribution in [3.63, 3.8) is 0 Å². The van der Waals surface area contributed by atoms with Gasteiger partial charge in [-0.05, 0) is 43.6 Å². The first kappa shape index (κ1) is 19.7. The van der Waals surface area contributed by atoms with Crippen molar-refractivity contribution in [2.75, 3.05) is 5.43 Å². The summed E-state index contributed by atoms with van der Waals surface area (Å²) in [4.78, 5) is 26.7. The lowest BCUT2D eigenvalue weighted by Crippen LogP contribution is -2.32. The summed E-state index contributed by atoms with van der Waals surface area (Å²) in [5.74, 6) is -0.372.